The molecule has 1 aliphatic rings. The second-order valence-corrected chi connectivity index (χ2v) is 8.59. The first-order valence-electron chi connectivity index (χ1n) is 8.74. The van der Waals surface area contributed by atoms with Gasteiger partial charge in [-0.15, -0.1) is 0 Å². The first kappa shape index (κ1) is 19.1. The molecule has 0 spiro atoms. The predicted molar refractivity (Wildman–Crippen MR) is 105 cm³/mol. The molecule has 0 bridgehead atoms. The number of alkyl halides is 3. The molecule has 0 aromatic heterocycles. The van der Waals surface area contributed by atoms with E-state index in [9.17, 15) is 13.2 Å². The van der Waals surface area contributed by atoms with Crippen LogP contribution in [0.4, 0.5) is 13.2 Å². The van der Waals surface area contributed by atoms with E-state index in [1.165, 1.54) is 19.2 Å². The van der Waals surface area contributed by atoms with Gasteiger partial charge in [-0.1, -0.05) is 78.9 Å². The maximum Gasteiger partial charge on any atom is 0.426 e. The standard InChI is InChI=1S/C22H18F3O2P/c1-26-15-27-21(22(23,24)25)17-11-5-7-13-19(17)28(16-9-3-2-4-10-16)20-14-8-6-12-18(20)21/h2-14H,15H2,1H3. The van der Waals surface area contributed by atoms with E-state index in [2.05, 4.69) is 0 Å². The SMILES string of the molecule is COCOC1(C(F)(F)F)c2ccccc2P(c2ccccc2)c2ccccc21. The fourth-order valence-corrected chi connectivity index (χ4v) is 6.46. The number of rotatable bonds is 4. The second-order valence-electron chi connectivity index (χ2n) is 6.44. The van der Waals surface area contributed by atoms with Crippen LogP contribution in [0.5, 0.6) is 0 Å². The molecule has 3 aromatic carbocycles. The summed E-state index contributed by atoms with van der Waals surface area (Å²) < 4.78 is 54.3. The molecule has 0 saturated carbocycles. The molecule has 3 aromatic rings. The van der Waals surface area contributed by atoms with Gasteiger partial charge in [-0.2, -0.15) is 13.2 Å². The van der Waals surface area contributed by atoms with E-state index in [1.807, 2.05) is 30.3 Å². The van der Waals surface area contributed by atoms with E-state index in [0.29, 0.717) is 10.6 Å². The number of halogens is 3. The Morgan fingerprint density at radius 1 is 0.786 bits per heavy atom. The van der Waals surface area contributed by atoms with E-state index < -0.39 is 26.5 Å². The average Bonchev–Trinajstić information content (AvgIpc) is 2.71. The monoisotopic (exact) mass is 402 g/mol. The summed E-state index contributed by atoms with van der Waals surface area (Å²) in [4.78, 5) is 0. The molecular formula is C22H18F3O2P. The number of benzene rings is 3. The summed E-state index contributed by atoms with van der Waals surface area (Å²) in [7, 11) is 0.181. The highest BCUT2D eigenvalue weighted by Crippen LogP contribution is 2.54. The summed E-state index contributed by atoms with van der Waals surface area (Å²) >= 11 is 0. The minimum atomic E-state index is -4.66. The molecule has 0 radical (unpaired) electrons. The summed E-state index contributed by atoms with van der Waals surface area (Å²) in [5, 5.41) is 2.30. The summed E-state index contributed by atoms with van der Waals surface area (Å²) in [6.07, 6.45) is -4.66. The minimum Gasteiger partial charge on any atom is -0.359 e. The lowest BCUT2D eigenvalue weighted by Gasteiger charge is -2.44. The second kappa shape index (κ2) is 7.32. The molecule has 2 nitrogen and oxygen atoms in total. The number of hydrogen-bond acceptors (Lipinski definition) is 2. The summed E-state index contributed by atoms with van der Waals surface area (Å²) in [6.45, 7) is -0.467. The highest BCUT2D eigenvalue weighted by molar-refractivity contribution is 7.80. The number of fused-ring (bicyclic) bond motifs is 2. The largest absolute Gasteiger partial charge is 0.426 e. The molecular weight excluding hydrogens is 384 g/mol. The van der Waals surface area contributed by atoms with Gasteiger partial charge in [-0.3, -0.25) is 0 Å². The minimum absolute atomic E-state index is 0.133. The summed E-state index contributed by atoms with van der Waals surface area (Å²) in [5.74, 6) is 0. The Balaban J connectivity index is 2.07. The Morgan fingerprint density at radius 2 is 1.29 bits per heavy atom. The summed E-state index contributed by atoms with van der Waals surface area (Å²) in [5.41, 5.74) is -2.30. The Labute approximate surface area is 162 Å². The third-order valence-corrected chi connectivity index (χ3v) is 7.41. The lowest BCUT2D eigenvalue weighted by molar-refractivity contribution is -0.285. The molecule has 0 N–H and O–H groups in total. The predicted octanol–water partition coefficient (Wildman–Crippen LogP) is 4.18. The van der Waals surface area contributed by atoms with Crippen molar-refractivity contribution in [2.75, 3.05) is 13.9 Å². The van der Waals surface area contributed by atoms with Gasteiger partial charge in [0, 0.05) is 18.2 Å². The van der Waals surface area contributed by atoms with Crippen LogP contribution in [-0.2, 0) is 15.1 Å². The Morgan fingerprint density at radius 3 is 1.79 bits per heavy atom. The maximum absolute atomic E-state index is 14.6. The van der Waals surface area contributed by atoms with Crippen molar-refractivity contribution in [3.8, 4) is 0 Å². The van der Waals surface area contributed by atoms with E-state index in [1.54, 1.807) is 36.4 Å². The van der Waals surface area contributed by atoms with Gasteiger partial charge in [0.1, 0.15) is 6.79 Å². The van der Waals surface area contributed by atoms with Gasteiger partial charge >= 0.3 is 6.18 Å². The molecule has 4 rings (SSSR count). The molecule has 0 amide bonds. The molecule has 0 fully saturated rings. The van der Waals surface area contributed by atoms with Gasteiger partial charge in [0.15, 0.2) is 0 Å². The van der Waals surface area contributed by atoms with Crippen molar-refractivity contribution >= 4 is 23.8 Å². The van der Waals surface area contributed by atoms with E-state index in [4.69, 9.17) is 9.47 Å². The van der Waals surface area contributed by atoms with Crippen molar-refractivity contribution in [1.29, 1.82) is 0 Å². The average molecular weight is 402 g/mol. The van der Waals surface area contributed by atoms with Crippen LogP contribution < -0.4 is 15.9 Å². The van der Waals surface area contributed by atoms with Gasteiger partial charge in [0.05, 0.1) is 0 Å². The molecule has 28 heavy (non-hydrogen) atoms. The maximum atomic E-state index is 14.6. The number of ether oxygens (including phenoxy) is 2. The quantitative estimate of drug-likeness (QED) is 0.482. The van der Waals surface area contributed by atoms with E-state index >= 15 is 0 Å². The lowest BCUT2D eigenvalue weighted by atomic mass is 9.84. The normalized spacial score (nSPS) is 21.1. The van der Waals surface area contributed by atoms with Crippen molar-refractivity contribution in [1.82, 2.24) is 0 Å². The van der Waals surface area contributed by atoms with Gasteiger partial charge < -0.3 is 9.47 Å². The highest BCUT2D eigenvalue weighted by atomic mass is 31.1. The van der Waals surface area contributed by atoms with Gasteiger partial charge in [0.2, 0.25) is 5.60 Å². The zero-order valence-electron chi connectivity index (χ0n) is 15.1. The first-order valence-corrected chi connectivity index (χ1v) is 10.1. The fourth-order valence-electron chi connectivity index (χ4n) is 3.75. The van der Waals surface area contributed by atoms with E-state index in [-0.39, 0.29) is 11.1 Å². The number of hydrogen-bond donors (Lipinski definition) is 0. The van der Waals surface area contributed by atoms with Crippen molar-refractivity contribution in [3.63, 3.8) is 0 Å². The highest BCUT2D eigenvalue weighted by Gasteiger charge is 2.62. The third-order valence-electron chi connectivity index (χ3n) is 4.86. The topological polar surface area (TPSA) is 18.5 Å². The van der Waals surface area contributed by atoms with Crippen LogP contribution in [-0.4, -0.2) is 20.1 Å². The summed E-state index contributed by atoms with van der Waals surface area (Å²) in [6, 6.07) is 23.1. The molecule has 144 valence electrons. The molecule has 1 aliphatic heterocycles. The smallest absolute Gasteiger partial charge is 0.359 e. The van der Waals surface area contributed by atoms with Crippen LogP contribution in [0.3, 0.4) is 0 Å². The fraction of sp³-hybridized carbons (Fsp3) is 0.182. The Hall–Kier alpha value is -2.20. The first-order chi connectivity index (χ1) is 13.5. The van der Waals surface area contributed by atoms with Crippen LogP contribution in [0.25, 0.3) is 0 Å². The molecule has 0 saturated heterocycles. The molecule has 0 atom stereocenters. The Kier molecular flexibility index (Phi) is 5.00. The molecule has 1 heterocycles. The molecule has 0 aliphatic carbocycles. The van der Waals surface area contributed by atoms with Crippen molar-refractivity contribution in [3.05, 3.63) is 90.0 Å². The van der Waals surface area contributed by atoms with Crippen LogP contribution in [0.15, 0.2) is 78.9 Å². The van der Waals surface area contributed by atoms with Crippen LogP contribution in [0.1, 0.15) is 11.1 Å². The van der Waals surface area contributed by atoms with Gasteiger partial charge in [-0.05, 0) is 23.8 Å². The van der Waals surface area contributed by atoms with Crippen LogP contribution in [0, 0.1) is 0 Å². The lowest BCUT2D eigenvalue weighted by Crippen LogP contribution is -2.54. The zero-order chi connectivity index (χ0) is 19.8. The Bertz CT molecular complexity index is 925. The van der Waals surface area contributed by atoms with Crippen molar-refractivity contribution in [2.24, 2.45) is 0 Å². The van der Waals surface area contributed by atoms with Crippen LogP contribution >= 0.6 is 7.92 Å². The van der Waals surface area contributed by atoms with Crippen LogP contribution in [0.2, 0.25) is 0 Å². The van der Waals surface area contributed by atoms with Crippen molar-refractivity contribution < 1.29 is 22.6 Å². The number of methoxy groups -OCH3 is 1. The van der Waals surface area contributed by atoms with Gasteiger partial charge in [-0.25, -0.2) is 0 Å². The zero-order valence-corrected chi connectivity index (χ0v) is 16.0. The van der Waals surface area contributed by atoms with Crippen molar-refractivity contribution in [2.45, 2.75) is 11.8 Å². The van der Waals surface area contributed by atoms with Gasteiger partial charge in [0.25, 0.3) is 0 Å². The third kappa shape index (κ3) is 2.86. The van der Waals surface area contributed by atoms with E-state index in [0.717, 1.165) is 5.30 Å². The molecule has 0 unspecified atom stereocenters. The molecule has 6 heteroatoms.